The van der Waals surface area contributed by atoms with Crippen LogP contribution in [0.2, 0.25) is 0 Å². The highest BCUT2D eigenvalue weighted by Gasteiger charge is 2.33. The molecule has 3 amide bonds. The van der Waals surface area contributed by atoms with Gasteiger partial charge in [-0.15, -0.1) is 0 Å². The first-order chi connectivity index (χ1) is 21.1. The van der Waals surface area contributed by atoms with Crippen LogP contribution in [0.4, 0.5) is 0 Å². The number of carbonyl (C=O) groups excluding carboxylic acids is 3. The van der Waals surface area contributed by atoms with Crippen LogP contribution in [0.5, 0.6) is 5.75 Å². The zero-order valence-corrected chi connectivity index (χ0v) is 24.8. The van der Waals surface area contributed by atoms with Crippen LogP contribution >= 0.6 is 0 Å². The van der Waals surface area contributed by atoms with Crippen molar-refractivity contribution in [1.82, 2.24) is 19.2 Å². The summed E-state index contributed by atoms with van der Waals surface area (Å²) in [4.78, 5) is 49.3. The maximum atomic E-state index is 13.0. The lowest BCUT2D eigenvalue weighted by Gasteiger charge is -2.20. The average Bonchev–Trinajstić information content (AvgIpc) is 3.26. The van der Waals surface area contributed by atoms with Gasteiger partial charge < -0.3 is 20.1 Å². The number of amides is 3. The molecule has 13 heteroatoms. The second-order valence-corrected chi connectivity index (χ2v) is 11.9. The van der Waals surface area contributed by atoms with Crippen LogP contribution in [0, 0.1) is 0 Å². The van der Waals surface area contributed by atoms with E-state index < -0.39 is 47.0 Å². The van der Waals surface area contributed by atoms with E-state index in [2.05, 4.69) is 5.32 Å². The third-order valence-corrected chi connectivity index (χ3v) is 8.20. The Hall–Kier alpha value is -4.75. The van der Waals surface area contributed by atoms with Crippen molar-refractivity contribution in [3.63, 3.8) is 0 Å². The van der Waals surface area contributed by atoms with Crippen LogP contribution in [0.15, 0.2) is 78.9 Å². The lowest BCUT2D eigenvalue weighted by atomic mass is 10.1. The highest BCUT2D eigenvalue weighted by atomic mass is 32.2. The maximum absolute atomic E-state index is 13.0. The van der Waals surface area contributed by atoms with Crippen molar-refractivity contribution < 1.29 is 37.4 Å². The number of unbranched alkanes of at least 4 members (excludes halogenated alkanes) is 1. The van der Waals surface area contributed by atoms with Crippen LogP contribution in [0.1, 0.15) is 39.9 Å². The molecule has 0 radical (unpaired) electrons. The molecule has 1 aliphatic heterocycles. The van der Waals surface area contributed by atoms with Gasteiger partial charge >= 0.3 is 16.2 Å². The fraction of sp³-hybridized carbons (Fsp3) is 0.290. The molecule has 0 aromatic heterocycles. The van der Waals surface area contributed by atoms with Crippen LogP contribution in [0.3, 0.4) is 0 Å². The Kier molecular flexibility index (Phi) is 11.1. The molecule has 3 aromatic carbocycles. The van der Waals surface area contributed by atoms with E-state index in [0.29, 0.717) is 25.1 Å². The first kappa shape index (κ1) is 32.2. The molecule has 0 saturated carbocycles. The molecule has 1 saturated heterocycles. The van der Waals surface area contributed by atoms with E-state index in [0.717, 1.165) is 38.9 Å². The highest BCUT2D eigenvalue weighted by Crippen LogP contribution is 2.17. The van der Waals surface area contributed by atoms with E-state index >= 15 is 0 Å². The van der Waals surface area contributed by atoms with Gasteiger partial charge in [0.2, 0.25) is 11.8 Å². The number of nitrogens with one attached hydrogen (secondary N) is 2. The number of aryl methyl sites for hydroxylation is 1. The van der Waals surface area contributed by atoms with Crippen LogP contribution in [0.25, 0.3) is 0 Å². The van der Waals surface area contributed by atoms with E-state index in [1.807, 2.05) is 59.3 Å². The minimum Gasteiger partial charge on any atom is -0.489 e. The summed E-state index contributed by atoms with van der Waals surface area (Å²) in [6, 6.07) is 23.6. The molecule has 3 aromatic rings. The predicted octanol–water partition coefficient (Wildman–Crippen LogP) is 2.11. The molecule has 0 unspecified atom stereocenters. The minimum absolute atomic E-state index is 0.0791. The summed E-state index contributed by atoms with van der Waals surface area (Å²) in [7, 11) is -3.90. The Bertz CT molecular complexity index is 1580. The van der Waals surface area contributed by atoms with Gasteiger partial charge in [-0.3, -0.25) is 19.2 Å². The molecule has 44 heavy (non-hydrogen) atoms. The van der Waals surface area contributed by atoms with Gasteiger partial charge in [0.1, 0.15) is 25.4 Å². The molecule has 0 bridgehead atoms. The van der Waals surface area contributed by atoms with Crippen molar-refractivity contribution in [3.8, 4) is 5.75 Å². The number of rotatable bonds is 15. The largest absolute Gasteiger partial charge is 0.489 e. The van der Waals surface area contributed by atoms with Gasteiger partial charge in [0, 0.05) is 18.7 Å². The van der Waals surface area contributed by atoms with E-state index in [1.54, 1.807) is 0 Å². The zero-order valence-electron chi connectivity index (χ0n) is 24.0. The Labute approximate surface area is 255 Å². The number of carboxylic acids is 1. The molecule has 1 fully saturated rings. The fourth-order valence-corrected chi connectivity index (χ4v) is 5.66. The van der Waals surface area contributed by atoms with Gasteiger partial charge in [-0.2, -0.15) is 12.7 Å². The second kappa shape index (κ2) is 15.1. The molecule has 0 atom stereocenters. The summed E-state index contributed by atoms with van der Waals surface area (Å²) in [6.45, 7) is -0.644. The van der Waals surface area contributed by atoms with Crippen LogP contribution < -0.4 is 14.8 Å². The van der Waals surface area contributed by atoms with Crippen molar-refractivity contribution in [2.75, 3.05) is 26.2 Å². The summed E-state index contributed by atoms with van der Waals surface area (Å²) >= 11 is 0. The molecular weight excluding hydrogens is 588 g/mol. The standard InChI is InChI=1S/C31H34N4O8S/c36-28(32-16-5-4-7-23-10-6-11-27(17-23)43-22-25-8-2-1-3-9-25)19-34(21-30(38)39)31(40)26-14-12-24(13-15-26)18-35-20-29(37)33-44(35,41)42/h1-3,6,8-15,17H,4-5,7,16,18-22H2,(H,32,36)(H,33,37)(H,38,39). The predicted molar refractivity (Wildman–Crippen MR) is 161 cm³/mol. The molecule has 4 rings (SSSR count). The number of ether oxygens (including phenoxy) is 1. The molecule has 0 aliphatic carbocycles. The quantitative estimate of drug-likeness (QED) is 0.217. The lowest BCUT2D eigenvalue weighted by molar-refractivity contribution is -0.138. The van der Waals surface area contributed by atoms with Crippen LogP contribution in [-0.4, -0.2) is 72.6 Å². The van der Waals surface area contributed by atoms with Gasteiger partial charge in [0.05, 0.1) is 6.54 Å². The zero-order chi connectivity index (χ0) is 31.5. The Morgan fingerprint density at radius 2 is 1.64 bits per heavy atom. The van der Waals surface area contributed by atoms with Gasteiger partial charge in [0.25, 0.3) is 5.91 Å². The average molecular weight is 623 g/mol. The molecule has 1 heterocycles. The van der Waals surface area contributed by atoms with Crippen molar-refractivity contribution >= 4 is 33.9 Å². The van der Waals surface area contributed by atoms with Gasteiger partial charge in [-0.1, -0.05) is 54.6 Å². The summed E-state index contributed by atoms with van der Waals surface area (Å²) in [5.41, 5.74) is 2.85. The second-order valence-electron chi connectivity index (χ2n) is 10.3. The summed E-state index contributed by atoms with van der Waals surface area (Å²) in [5, 5.41) is 12.0. The maximum Gasteiger partial charge on any atom is 0.323 e. The molecule has 0 spiro atoms. The number of hydrogen-bond donors (Lipinski definition) is 3. The summed E-state index contributed by atoms with van der Waals surface area (Å²) in [5.74, 6) is -2.26. The SMILES string of the molecule is O=C(O)CN(CC(=O)NCCCCc1cccc(OCc2ccccc2)c1)C(=O)c1ccc(CN2CC(=O)NS2(=O)=O)cc1. The Balaban J connectivity index is 1.21. The van der Waals surface area contributed by atoms with E-state index in [9.17, 15) is 32.7 Å². The van der Waals surface area contributed by atoms with Crippen molar-refractivity contribution in [2.24, 2.45) is 0 Å². The van der Waals surface area contributed by atoms with Crippen molar-refractivity contribution in [1.29, 1.82) is 0 Å². The lowest BCUT2D eigenvalue weighted by Crippen LogP contribution is -2.43. The first-order valence-corrected chi connectivity index (χ1v) is 15.5. The van der Waals surface area contributed by atoms with Crippen molar-refractivity contribution in [3.05, 3.63) is 101 Å². The fourth-order valence-electron chi connectivity index (χ4n) is 4.57. The number of benzene rings is 3. The minimum atomic E-state index is -3.90. The monoisotopic (exact) mass is 622 g/mol. The number of nitrogens with zero attached hydrogens (tertiary/aromatic N) is 2. The normalized spacial score (nSPS) is 14.0. The Morgan fingerprint density at radius 3 is 2.32 bits per heavy atom. The summed E-state index contributed by atoms with van der Waals surface area (Å²) in [6.07, 6.45) is 2.27. The third-order valence-electron chi connectivity index (χ3n) is 6.77. The van der Waals surface area contributed by atoms with E-state index in [4.69, 9.17) is 4.74 Å². The molecule has 3 N–H and O–H groups in total. The molecule has 232 valence electrons. The molecule has 1 aliphatic rings. The van der Waals surface area contributed by atoms with Gasteiger partial charge in [0.15, 0.2) is 0 Å². The van der Waals surface area contributed by atoms with E-state index in [-0.39, 0.29) is 18.7 Å². The number of aliphatic carboxylic acids is 1. The first-order valence-electron chi connectivity index (χ1n) is 14.0. The third kappa shape index (κ3) is 9.64. The topological polar surface area (TPSA) is 162 Å². The molecular formula is C31H34N4O8S. The Morgan fingerprint density at radius 1 is 0.909 bits per heavy atom. The molecule has 12 nitrogen and oxygen atoms in total. The van der Waals surface area contributed by atoms with E-state index in [1.165, 1.54) is 24.3 Å². The smallest absolute Gasteiger partial charge is 0.323 e. The van der Waals surface area contributed by atoms with Gasteiger partial charge in [-0.05, 0) is 60.2 Å². The number of carbonyl (C=O) groups is 4. The van der Waals surface area contributed by atoms with Gasteiger partial charge in [-0.25, -0.2) is 4.72 Å². The van der Waals surface area contributed by atoms with Crippen LogP contribution in [-0.2, 0) is 44.2 Å². The highest BCUT2D eigenvalue weighted by molar-refractivity contribution is 7.88. The summed E-state index contributed by atoms with van der Waals surface area (Å²) < 4.78 is 32.6. The number of hydrogen-bond acceptors (Lipinski definition) is 7. The van der Waals surface area contributed by atoms with Crippen molar-refractivity contribution in [2.45, 2.75) is 32.4 Å². The number of carboxylic acid groups (broad SMARTS) is 1.